The molecule has 1 amide bonds. The van der Waals surface area contributed by atoms with Gasteiger partial charge in [-0.25, -0.2) is 4.98 Å². The molecule has 24 heavy (non-hydrogen) atoms. The van der Waals surface area contributed by atoms with Gasteiger partial charge in [0.1, 0.15) is 5.65 Å². The van der Waals surface area contributed by atoms with Crippen LogP contribution in [0, 0.1) is 0 Å². The fourth-order valence-electron chi connectivity index (χ4n) is 3.13. The predicted octanol–water partition coefficient (Wildman–Crippen LogP) is 2.40. The van der Waals surface area contributed by atoms with E-state index in [1.165, 1.54) is 4.88 Å². The first kappa shape index (κ1) is 15.4. The Bertz CT molecular complexity index is 819. The highest BCUT2D eigenvalue weighted by Crippen LogP contribution is 2.13. The summed E-state index contributed by atoms with van der Waals surface area (Å²) in [6, 6.07) is 8.06. The van der Waals surface area contributed by atoms with E-state index in [0.717, 1.165) is 50.4 Å². The number of hydrogen-bond donors (Lipinski definition) is 0. The molecule has 3 aromatic rings. The van der Waals surface area contributed by atoms with Crippen LogP contribution in [-0.4, -0.2) is 57.8 Å². The molecule has 4 heterocycles. The smallest absolute Gasteiger partial charge is 0.255 e. The van der Waals surface area contributed by atoms with Gasteiger partial charge in [-0.15, -0.1) is 11.3 Å². The summed E-state index contributed by atoms with van der Waals surface area (Å²) < 4.78 is 1.89. The molecule has 0 aromatic carbocycles. The van der Waals surface area contributed by atoms with Crippen LogP contribution in [0.25, 0.3) is 5.65 Å². The average molecular weight is 340 g/mol. The molecular formula is C18H20N4OS. The Hall–Kier alpha value is -2.18. The average Bonchev–Trinajstić information content (AvgIpc) is 3.30. The van der Waals surface area contributed by atoms with Gasteiger partial charge in [0.15, 0.2) is 0 Å². The van der Waals surface area contributed by atoms with Crippen molar-refractivity contribution in [2.45, 2.75) is 6.42 Å². The fraction of sp³-hybridized carbons (Fsp3) is 0.333. The van der Waals surface area contributed by atoms with Crippen molar-refractivity contribution in [1.29, 1.82) is 0 Å². The molecule has 1 aliphatic heterocycles. The molecule has 0 N–H and O–H groups in total. The molecule has 0 spiro atoms. The van der Waals surface area contributed by atoms with E-state index >= 15 is 0 Å². The number of rotatable bonds is 4. The van der Waals surface area contributed by atoms with Crippen molar-refractivity contribution in [3.05, 3.63) is 58.7 Å². The highest BCUT2D eigenvalue weighted by molar-refractivity contribution is 7.09. The molecule has 1 aliphatic rings. The van der Waals surface area contributed by atoms with Gasteiger partial charge in [0.05, 0.1) is 5.56 Å². The Morgan fingerprint density at radius 2 is 2.04 bits per heavy atom. The summed E-state index contributed by atoms with van der Waals surface area (Å²) in [5, 5.41) is 2.13. The van der Waals surface area contributed by atoms with Crippen LogP contribution in [0.5, 0.6) is 0 Å². The monoisotopic (exact) mass is 340 g/mol. The topological polar surface area (TPSA) is 40.9 Å². The summed E-state index contributed by atoms with van der Waals surface area (Å²) in [5.74, 6) is 0.114. The van der Waals surface area contributed by atoms with Crippen LogP contribution < -0.4 is 0 Å². The van der Waals surface area contributed by atoms with Crippen molar-refractivity contribution < 1.29 is 4.79 Å². The number of pyridine rings is 1. The number of carbonyl (C=O) groups excluding carboxylic acids is 1. The van der Waals surface area contributed by atoms with E-state index in [1.54, 1.807) is 6.20 Å². The molecule has 1 fully saturated rings. The maximum atomic E-state index is 12.7. The van der Waals surface area contributed by atoms with Crippen molar-refractivity contribution >= 4 is 22.9 Å². The second-order valence-electron chi connectivity index (χ2n) is 6.07. The number of carbonyl (C=O) groups is 1. The molecule has 1 saturated heterocycles. The van der Waals surface area contributed by atoms with Crippen molar-refractivity contribution in [1.82, 2.24) is 19.2 Å². The van der Waals surface area contributed by atoms with Gasteiger partial charge in [0.2, 0.25) is 0 Å². The SMILES string of the molecule is O=C(c1ccc2nccn2c1)N1CCN(CCc2cccs2)CC1. The molecule has 3 aromatic heterocycles. The normalized spacial score (nSPS) is 15.9. The Labute approximate surface area is 145 Å². The minimum Gasteiger partial charge on any atom is -0.336 e. The van der Waals surface area contributed by atoms with Gasteiger partial charge in [-0.3, -0.25) is 9.69 Å². The Kier molecular flexibility index (Phi) is 4.32. The van der Waals surface area contributed by atoms with Gasteiger partial charge in [-0.1, -0.05) is 6.07 Å². The third kappa shape index (κ3) is 3.20. The summed E-state index contributed by atoms with van der Waals surface area (Å²) in [6.45, 7) is 4.56. The van der Waals surface area contributed by atoms with Crippen LogP contribution >= 0.6 is 11.3 Å². The molecule has 124 valence electrons. The molecule has 5 nitrogen and oxygen atoms in total. The number of fused-ring (bicyclic) bond motifs is 1. The van der Waals surface area contributed by atoms with Crippen LogP contribution in [0.15, 0.2) is 48.2 Å². The lowest BCUT2D eigenvalue weighted by Gasteiger charge is -2.34. The van der Waals surface area contributed by atoms with E-state index in [9.17, 15) is 4.79 Å². The lowest BCUT2D eigenvalue weighted by atomic mass is 10.2. The van der Waals surface area contributed by atoms with E-state index in [1.807, 2.05) is 45.2 Å². The van der Waals surface area contributed by atoms with Gasteiger partial charge >= 0.3 is 0 Å². The third-order valence-electron chi connectivity index (χ3n) is 4.55. The molecule has 0 aliphatic carbocycles. The molecule has 0 radical (unpaired) electrons. The quantitative estimate of drug-likeness (QED) is 0.732. The number of amides is 1. The zero-order valence-corrected chi connectivity index (χ0v) is 14.3. The number of imidazole rings is 1. The summed E-state index contributed by atoms with van der Waals surface area (Å²) in [6.07, 6.45) is 6.58. The highest BCUT2D eigenvalue weighted by Gasteiger charge is 2.22. The molecule has 0 saturated carbocycles. The van der Waals surface area contributed by atoms with E-state index in [0.29, 0.717) is 0 Å². The summed E-state index contributed by atoms with van der Waals surface area (Å²) in [7, 11) is 0. The number of piperazine rings is 1. The number of hydrogen-bond acceptors (Lipinski definition) is 4. The lowest BCUT2D eigenvalue weighted by molar-refractivity contribution is 0.0638. The van der Waals surface area contributed by atoms with Crippen LogP contribution in [-0.2, 0) is 6.42 Å². The van der Waals surface area contributed by atoms with Gasteiger partial charge in [-0.2, -0.15) is 0 Å². The Morgan fingerprint density at radius 3 is 2.83 bits per heavy atom. The zero-order valence-electron chi connectivity index (χ0n) is 13.5. The van der Waals surface area contributed by atoms with Gasteiger partial charge in [0, 0.05) is 56.2 Å². The highest BCUT2D eigenvalue weighted by atomic mass is 32.1. The van der Waals surface area contributed by atoms with E-state index in [-0.39, 0.29) is 5.91 Å². The van der Waals surface area contributed by atoms with Gasteiger partial charge in [-0.05, 0) is 30.0 Å². The number of thiophene rings is 1. The van der Waals surface area contributed by atoms with Crippen molar-refractivity contribution in [3.8, 4) is 0 Å². The second kappa shape index (κ2) is 6.75. The Balaban J connectivity index is 1.33. The maximum Gasteiger partial charge on any atom is 0.255 e. The van der Waals surface area contributed by atoms with Crippen LogP contribution in [0.1, 0.15) is 15.2 Å². The maximum absolute atomic E-state index is 12.7. The first-order chi connectivity index (χ1) is 11.8. The molecule has 6 heteroatoms. The molecule has 0 unspecified atom stereocenters. The van der Waals surface area contributed by atoms with Crippen molar-refractivity contribution in [3.63, 3.8) is 0 Å². The van der Waals surface area contributed by atoms with E-state index in [4.69, 9.17) is 0 Å². The lowest BCUT2D eigenvalue weighted by Crippen LogP contribution is -2.49. The second-order valence-corrected chi connectivity index (χ2v) is 7.11. The number of nitrogens with zero attached hydrogens (tertiary/aromatic N) is 4. The largest absolute Gasteiger partial charge is 0.336 e. The van der Waals surface area contributed by atoms with E-state index in [2.05, 4.69) is 27.4 Å². The predicted molar refractivity (Wildman–Crippen MR) is 95.6 cm³/mol. The van der Waals surface area contributed by atoms with Crippen molar-refractivity contribution in [2.75, 3.05) is 32.7 Å². The molecule has 0 atom stereocenters. The zero-order chi connectivity index (χ0) is 16.4. The Morgan fingerprint density at radius 1 is 1.17 bits per heavy atom. The summed E-state index contributed by atoms with van der Waals surface area (Å²) in [4.78, 5) is 22.7. The first-order valence-corrected chi connectivity index (χ1v) is 9.14. The van der Waals surface area contributed by atoms with Crippen LogP contribution in [0.3, 0.4) is 0 Å². The van der Waals surface area contributed by atoms with Crippen molar-refractivity contribution in [2.24, 2.45) is 0 Å². The first-order valence-electron chi connectivity index (χ1n) is 8.26. The standard InChI is InChI=1S/C18H20N4OS/c23-18(15-3-4-17-19-6-8-22(17)14-15)21-11-9-20(10-12-21)7-5-16-2-1-13-24-16/h1-4,6,8,13-14H,5,7,9-12H2. The minimum absolute atomic E-state index is 0.114. The van der Waals surface area contributed by atoms with Crippen LogP contribution in [0.4, 0.5) is 0 Å². The third-order valence-corrected chi connectivity index (χ3v) is 5.49. The van der Waals surface area contributed by atoms with E-state index < -0.39 is 0 Å². The minimum atomic E-state index is 0.114. The molecule has 4 rings (SSSR count). The summed E-state index contributed by atoms with van der Waals surface area (Å²) in [5.41, 5.74) is 1.59. The van der Waals surface area contributed by atoms with Gasteiger partial charge in [0.25, 0.3) is 5.91 Å². The number of aromatic nitrogens is 2. The fourth-order valence-corrected chi connectivity index (χ4v) is 3.83. The summed E-state index contributed by atoms with van der Waals surface area (Å²) >= 11 is 1.82. The van der Waals surface area contributed by atoms with Gasteiger partial charge < -0.3 is 9.30 Å². The molecule has 0 bridgehead atoms. The molecular weight excluding hydrogens is 320 g/mol. The van der Waals surface area contributed by atoms with Crippen LogP contribution in [0.2, 0.25) is 0 Å².